The van der Waals surface area contributed by atoms with Gasteiger partial charge in [-0.15, -0.1) is 0 Å². The summed E-state index contributed by atoms with van der Waals surface area (Å²) in [5, 5.41) is 0. The summed E-state index contributed by atoms with van der Waals surface area (Å²) in [5.41, 5.74) is 15.1. The Balaban J connectivity index is 1.74. The van der Waals surface area contributed by atoms with Crippen LogP contribution in [0.5, 0.6) is 0 Å². The number of nitrogens with two attached hydrogens (primary N) is 2. The summed E-state index contributed by atoms with van der Waals surface area (Å²) in [7, 11) is 0. The average molecular weight is 407 g/mol. The molecular weight excluding hydrogens is 372 g/mol. The maximum absolute atomic E-state index is 12.0. The first-order valence-corrected chi connectivity index (χ1v) is 11.7. The maximum atomic E-state index is 12.0. The van der Waals surface area contributed by atoms with Crippen LogP contribution in [0, 0.1) is 5.41 Å². The largest absolute Gasteiger partial charge is 0.368 e. The first-order chi connectivity index (χ1) is 14.5. The molecule has 0 radical (unpaired) electrons. The van der Waals surface area contributed by atoms with Crippen LogP contribution < -0.4 is 11.5 Å². The molecule has 30 heavy (non-hydrogen) atoms. The first-order valence-electron chi connectivity index (χ1n) is 11.7. The Kier molecular flexibility index (Phi) is 6.12. The van der Waals surface area contributed by atoms with Crippen LogP contribution >= 0.6 is 0 Å². The zero-order valence-electron chi connectivity index (χ0n) is 17.9. The second-order valence-corrected chi connectivity index (χ2v) is 9.38. The standard InChI is InChI=1S/C26H34N2O2/c27-24(29)26(25(28)30)16-14-19(15-17-26)22-13-7-12-21(18-8-3-1-4-9-18)23(22)20-10-5-2-6-11-20/h7,12-16,18,20H,1-6,8-11,17H2,(H2,27,29)(H2,28,30). The molecule has 2 saturated carbocycles. The topological polar surface area (TPSA) is 86.2 Å². The van der Waals surface area contributed by atoms with Crippen molar-refractivity contribution in [2.45, 2.75) is 82.5 Å². The maximum Gasteiger partial charge on any atom is 0.237 e. The number of rotatable bonds is 5. The van der Waals surface area contributed by atoms with Gasteiger partial charge in [-0.25, -0.2) is 0 Å². The molecular formula is C26H34N2O2. The minimum Gasteiger partial charge on any atom is -0.368 e. The molecule has 0 unspecified atom stereocenters. The summed E-state index contributed by atoms with van der Waals surface area (Å²) in [5.74, 6) is -0.103. The van der Waals surface area contributed by atoms with Gasteiger partial charge < -0.3 is 11.5 Å². The fourth-order valence-corrected chi connectivity index (χ4v) is 5.78. The van der Waals surface area contributed by atoms with Crippen LogP contribution in [0.2, 0.25) is 0 Å². The molecule has 4 rings (SSSR count). The third-order valence-electron chi connectivity index (χ3n) is 7.58. The highest BCUT2D eigenvalue weighted by Gasteiger charge is 2.41. The number of carbonyl (C=O) groups is 2. The zero-order valence-corrected chi connectivity index (χ0v) is 17.9. The minimum atomic E-state index is -1.41. The van der Waals surface area contributed by atoms with Crippen LogP contribution in [-0.4, -0.2) is 11.8 Å². The highest BCUT2D eigenvalue weighted by atomic mass is 16.2. The molecule has 3 aliphatic carbocycles. The molecule has 0 spiro atoms. The van der Waals surface area contributed by atoms with E-state index in [1.807, 2.05) is 12.2 Å². The lowest BCUT2D eigenvalue weighted by molar-refractivity contribution is -0.136. The Bertz CT molecular complexity index is 857. The second kappa shape index (κ2) is 8.79. The zero-order chi connectivity index (χ0) is 21.1. The monoisotopic (exact) mass is 406 g/mol. The molecule has 4 heteroatoms. The third-order valence-corrected chi connectivity index (χ3v) is 7.58. The summed E-state index contributed by atoms with van der Waals surface area (Å²) in [6.45, 7) is 0. The van der Waals surface area contributed by atoms with E-state index in [1.165, 1.54) is 80.9 Å². The number of hydrogen-bond donors (Lipinski definition) is 2. The van der Waals surface area contributed by atoms with Crippen molar-refractivity contribution in [1.29, 1.82) is 0 Å². The smallest absolute Gasteiger partial charge is 0.237 e. The SMILES string of the molecule is NC(=O)C1(C(N)=O)C=CC(c2cccc(C3CCCCC3)c2C2CCCCC2)=CC1. The van der Waals surface area contributed by atoms with Crippen LogP contribution in [0.4, 0.5) is 0 Å². The van der Waals surface area contributed by atoms with Crippen molar-refractivity contribution in [3.8, 4) is 0 Å². The van der Waals surface area contributed by atoms with Crippen molar-refractivity contribution in [2.75, 3.05) is 0 Å². The number of amides is 2. The quantitative estimate of drug-likeness (QED) is 0.668. The first kappa shape index (κ1) is 20.9. The Hall–Kier alpha value is -2.36. The van der Waals surface area contributed by atoms with Crippen molar-refractivity contribution in [3.63, 3.8) is 0 Å². The van der Waals surface area contributed by atoms with Crippen molar-refractivity contribution < 1.29 is 9.59 Å². The van der Waals surface area contributed by atoms with E-state index in [2.05, 4.69) is 18.2 Å². The highest BCUT2D eigenvalue weighted by molar-refractivity contribution is 6.07. The van der Waals surface area contributed by atoms with Gasteiger partial charge in [-0.05, 0) is 66.2 Å². The molecule has 0 heterocycles. The van der Waals surface area contributed by atoms with Crippen LogP contribution in [0.1, 0.15) is 99.2 Å². The number of allylic oxidation sites excluding steroid dienone is 3. The van der Waals surface area contributed by atoms with Gasteiger partial charge in [-0.1, -0.05) is 75.0 Å². The molecule has 0 saturated heterocycles. The number of carbonyl (C=O) groups excluding carboxylic acids is 2. The number of primary amides is 2. The second-order valence-electron chi connectivity index (χ2n) is 9.38. The van der Waals surface area contributed by atoms with Gasteiger partial charge in [0, 0.05) is 0 Å². The van der Waals surface area contributed by atoms with E-state index in [4.69, 9.17) is 11.5 Å². The van der Waals surface area contributed by atoms with Gasteiger partial charge in [0.25, 0.3) is 0 Å². The predicted molar refractivity (Wildman–Crippen MR) is 121 cm³/mol. The van der Waals surface area contributed by atoms with Crippen molar-refractivity contribution in [2.24, 2.45) is 16.9 Å². The van der Waals surface area contributed by atoms with Crippen molar-refractivity contribution in [1.82, 2.24) is 0 Å². The average Bonchev–Trinajstić information content (AvgIpc) is 2.79. The Morgan fingerprint density at radius 3 is 1.97 bits per heavy atom. The molecule has 4 N–H and O–H groups in total. The van der Waals surface area contributed by atoms with Gasteiger partial charge in [0.15, 0.2) is 0 Å². The van der Waals surface area contributed by atoms with E-state index in [0.29, 0.717) is 11.8 Å². The number of benzene rings is 1. The fraction of sp³-hybridized carbons (Fsp3) is 0.538. The molecule has 0 aromatic heterocycles. The van der Waals surface area contributed by atoms with Crippen LogP contribution in [-0.2, 0) is 9.59 Å². The molecule has 4 nitrogen and oxygen atoms in total. The van der Waals surface area contributed by atoms with E-state index in [1.54, 1.807) is 6.08 Å². The van der Waals surface area contributed by atoms with Gasteiger partial charge in [-0.3, -0.25) is 9.59 Å². The molecule has 3 aliphatic rings. The Labute approximate surface area is 179 Å². The Morgan fingerprint density at radius 1 is 0.833 bits per heavy atom. The lowest BCUT2D eigenvalue weighted by Gasteiger charge is -2.32. The van der Waals surface area contributed by atoms with Crippen LogP contribution in [0.25, 0.3) is 5.57 Å². The van der Waals surface area contributed by atoms with E-state index in [0.717, 1.165) is 5.57 Å². The molecule has 0 bridgehead atoms. The van der Waals surface area contributed by atoms with Gasteiger partial charge >= 0.3 is 0 Å². The summed E-state index contributed by atoms with van der Waals surface area (Å²) >= 11 is 0. The Morgan fingerprint density at radius 2 is 1.43 bits per heavy atom. The molecule has 2 fully saturated rings. The number of hydrogen-bond acceptors (Lipinski definition) is 2. The molecule has 160 valence electrons. The van der Waals surface area contributed by atoms with E-state index in [-0.39, 0.29) is 6.42 Å². The molecule has 1 aromatic carbocycles. The van der Waals surface area contributed by atoms with Crippen molar-refractivity contribution in [3.05, 3.63) is 53.1 Å². The molecule has 2 amide bonds. The minimum absolute atomic E-state index is 0.237. The summed E-state index contributed by atoms with van der Waals surface area (Å²) < 4.78 is 0. The third kappa shape index (κ3) is 3.84. The van der Waals surface area contributed by atoms with E-state index >= 15 is 0 Å². The van der Waals surface area contributed by atoms with Gasteiger partial charge in [0.05, 0.1) is 0 Å². The summed E-state index contributed by atoms with van der Waals surface area (Å²) in [6.07, 6.45) is 18.7. The fourth-order valence-electron chi connectivity index (χ4n) is 5.78. The molecule has 0 atom stereocenters. The van der Waals surface area contributed by atoms with Gasteiger partial charge in [0.2, 0.25) is 11.8 Å². The molecule has 0 aliphatic heterocycles. The lowest BCUT2D eigenvalue weighted by Crippen LogP contribution is -2.46. The highest BCUT2D eigenvalue weighted by Crippen LogP contribution is 2.45. The molecule has 1 aromatic rings. The summed E-state index contributed by atoms with van der Waals surface area (Å²) in [4.78, 5) is 24.0. The van der Waals surface area contributed by atoms with Crippen molar-refractivity contribution >= 4 is 17.4 Å². The van der Waals surface area contributed by atoms with Crippen LogP contribution in [0.3, 0.4) is 0 Å². The van der Waals surface area contributed by atoms with Gasteiger partial charge in [0.1, 0.15) is 5.41 Å². The van der Waals surface area contributed by atoms with Crippen LogP contribution in [0.15, 0.2) is 36.4 Å². The summed E-state index contributed by atoms with van der Waals surface area (Å²) in [6, 6.07) is 6.76. The van der Waals surface area contributed by atoms with E-state index in [9.17, 15) is 9.59 Å². The lowest BCUT2D eigenvalue weighted by atomic mass is 9.72. The van der Waals surface area contributed by atoms with E-state index < -0.39 is 17.2 Å². The predicted octanol–water partition coefficient (Wildman–Crippen LogP) is 5.08. The normalized spacial score (nSPS) is 22.5. The van der Waals surface area contributed by atoms with Gasteiger partial charge in [-0.2, -0.15) is 0 Å².